The number of ether oxygens (including phenoxy) is 1. The van der Waals surface area contributed by atoms with Crippen LogP contribution in [-0.2, 0) is 25.8 Å². The first kappa shape index (κ1) is 15.1. The molecule has 1 fully saturated rings. The van der Waals surface area contributed by atoms with E-state index in [2.05, 4.69) is 11.1 Å². The summed E-state index contributed by atoms with van der Waals surface area (Å²) in [5, 5.41) is 1.18. The second-order valence-corrected chi connectivity index (χ2v) is 7.96. The van der Waals surface area contributed by atoms with Gasteiger partial charge in [0.15, 0.2) is 9.84 Å². The van der Waals surface area contributed by atoms with Crippen molar-refractivity contribution in [1.82, 2.24) is 4.98 Å². The minimum atomic E-state index is -3.00. The molecule has 0 bridgehead atoms. The van der Waals surface area contributed by atoms with Crippen LogP contribution in [0.2, 0.25) is 0 Å². The molecule has 22 heavy (non-hydrogen) atoms. The molecule has 1 atom stereocenters. The van der Waals surface area contributed by atoms with Gasteiger partial charge in [0.2, 0.25) is 0 Å². The summed E-state index contributed by atoms with van der Waals surface area (Å²) in [6, 6.07) is 8.06. The number of fused-ring (bicyclic) bond motifs is 1. The Bertz CT molecular complexity index is 778. The van der Waals surface area contributed by atoms with Crippen molar-refractivity contribution in [1.29, 1.82) is 0 Å². The average molecular weight is 321 g/mol. The largest absolute Gasteiger partial charge is 0.461 e. The molecule has 1 aromatic carbocycles. The quantitative estimate of drug-likeness (QED) is 0.857. The molecular formula is C16H19NO4S. The van der Waals surface area contributed by atoms with Gasteiger partial charge in [0.05, 0.1) is 11.5 Å². The Morgan fingerprint density at radius 1 is 1.32 bits per heavy atom. The number of H-pyrrole nitrogens is 1. The lowest BCUT2D eigenvalue weighted by Crippen LogP contribution is -2.19. The van der Waals surface area contributed by atoms with Crippen LogP contribution in [0.5, 0.6) is 0 Å². The predicted octanol–water partition coefficient (Wildman–Crippen LogP) is 2.22. The highest BCUT2D eigenvalue weighted by atomic mass is 32.2. The molecule has 2 aromatic rings. The third kappa shape index (κ3) is 3.50. The second kappa shape index (κ2) is 6.12. The van der Waals surface area contributed by atoms with Crippen LogP contribution < -0.4 is 0 Å². The number of aromatic nitrogens is 1. The fourth-order valence-corrected chi connectivity index (χ4v) is 4.45. The fraction of sp³-hybridized carbons (Fsp3) is 0.438. The van der Waals surface area contributed by atoms with Gasteiger partial charge in [-0.3, -0.25) is 4.79 Å². The molecule has 1 aromatic heterocycles. The molecule has 1 N–H and O–H groups in total. The number of hydrogen-bond donors (Lipinski definition) is 1. The van der Waals surface area contributed by atoms with Crippen LogP contribution in [-0.4, -0.2) is 37.0 Å². The maximum absolute atomic E-state index is 11.8. The summed E-state index contributed by atoms with van der Waals surface area (Å²) in [4.78, 5) is 15.0. The molecule has 0 aliphatic carbocycles. The third-order valence-electron chi connectivity index (χ3n) is 3.99. The monoisotopic (exact) mass is 321 g/mol. The smallest absolute Gasteiger partial charge is 0.306 e. The average Bonchev–Trinajstić information content (AvgIpc) is 3.03. The minimum absolute atomic E-state index is 0.0266. The summed E-state index contributed by atoms with van der Waals surface area (Å²) in [7, 11) is -3.00. The molecule has 1 aliphatic heterocycles. The van der Waals surface area contributed by atoms with Gasteiger partial charge in [0.1, 0.15) is 6.10 Å². The maximum Gasteiger partial charge on any atom is 0.306 e. The number of carbonyl (C=O) groups is 1. The molecule has 6 heteroatoms. The number of esters is 1. The molecule has 0 saturated carbocycles. The molecule has 118 valence electrons. The van der Waals surface area contributed by atoms with Crippen LogP contribution in [0.1, 0.15) is 24.8 Å². The standard InChI is InChI=1S/C16H19NO4S/c18-16(21-13-8-9-22(19,20)11-13)7-3-4-12-10-17-15-6-2-1-5-14(12)15/h1-2,5-6,10,13,17H,3-4,7-9,11H2. The first-order chi connectivity index (χ1) is 10.5. The zero-order valence-corrected chi connectivity index (χ0v) is 13.1. The van der Waals surface area contributed by atoms with Crippen molar-refractivity contribution < 1.29 is 17.9 Å². The fourth-order valence-electron chi connectivity index (χ4n) is 2.86. The molecule has 0 spiro atoms. The highest BCUT2D eigenvalue weighted by Gasteiger charge is 2.30. The third-order valence-corrected chi connectivity index (χ3v) is 5.73. The number of nitrogens with one attached hydrogen (secondary N) is 1. The Hall–Kier alpha value is -1.82. The number of sulfone groups is 1. The Balaban J connectivity index is 1.48. The van der Waals surface area contributed by atoms with Crippen LogP contribution in [0.15, 0.2) is 30.5 Å². The van der Waals surface area contributed by atoms with Crippen molar-refractivity contribution >= 4 is 26.7 Å². The predicted molar refractivity (Wildman–Crippen MR) is 84.4 cm³/mol. The summed E-state index contributed by atoms with van der Waals surface area (Å²) in [6.45, 7) is 0. The van der Waals surface area contributed by atoms with Crippen molar-refractivity contribution in [2.24, 2.45) is 0 Å². The highest BCUT2D eigenvalue weighted by molar-refractivity contribution is 7.91. The Morgan fingerprint density at radius 2 is 2.14 bits per heavy atom. The summed E-state index contributed by atoms with van der Waals surface area (Å²) in [5.41, 5.74) is 2.28. The zero-order chi connectivity index (χ0) is 15.6. The van der Waals surface area contributed by atoms with Gasteiger partial charge >= 0.3 is 5.97 Å². The molecule has 1 unspecified atom stereocenters. The van der Waals surface area contributed by atoms with E-state index >= 15 is 0 Å². The Kier molecular flexibility index (Phi) is 4.20. The summed E-state index contributed by atoms with van der Waals surface area (Å²) in [6.07, 6.45) is 3.75. The van der Waals surface area contributed by atoms with E-state index in [1.165, 1.54) is 10.9 Å². The molecular weight excluding hydrogens is 302 g/mol. The van der Waals surface area contributed by atoms with Gasteiger partial charge in [0, 0.05) is 23.5 Å². The molecule has 0 amide bonds. The number of hydrogen-bond acceptors (Lipinski definition) is 4. The minimum Gasteiger partial charge on any atom is -0.461 e. The summed E-state index contributed by atoms with van der Waals surface area (Å²) < 4.78 is 27.9. The van der Waals surface area contributed by atoms with Crippen molar-refractivity contribution in [2.75, 3.05) is 11.5 Å². The van der Waals surface area contributed by atoms with Crippen LogP contribution in [0, 0.1) is 0 Å². The zero-order valence-electron chi connectivity index (χ0n) is 12.2. The SMILES string of the molecule is O=C(CCCc1c[nH]c2ccccc12)OC1CCS(=O)(=O)C1. The first-order valence-corrected chi connectivity index (χ1v) is 9.30. The lowest BCUT2D eigenvalue weighted by atomic mass is 10.1. The van der Waals surface area contributed by atoms with Gasteiger partial charge in [-0.25, -0.2) is 8.42 Å². The number of carbonyl (C=O) groups excluding carboxylic acids is 1. The van der Waals surface area contributed by atoms with Crippen LogP contribution in [0.4, 0.5) is 0 Å². The van der Waals surface area contributed by atoms with Gasteiger partial charge < -0.3 is 9.72 Å². The Morgan fingerprint density at radius 3 is 2.91 bits per heavy atom. The van der Waals surface area contributed by atoms with E-state index in [0.29, 0.717) is 19.3 Å². The van der Waals surface area contributed by atoms with Crippen molar-refractivity contribution in [2.45, 2.75) is 31.8 Å². The normalized spacial score (nSPS) is 20.3. The lowest BCUT2D eigenvalue weighted by molar-refractivity contribution is -0.147. The number of benzene rings is 1. The van der Waals surface area contributed by atoms with E-state index < -0.39 is 15.9 Å². The van der Waals surface area contributed by atoms with Gasteiger partial charge in [-0.2, -0.15) is 0 Å². The number of para-hydroxylation sites is 1. The van der Waals surface area contributed by atoms with Crippen LogP contribution >= 0.6 is 0 Å². The highest BCUT2D eigenvalue weighted by Crippen LogP contribution is 2.20. The van der Waals surface area contributed by atoms with Crippen molar-refractivity contribution in [3.63, 3.8) is 0 Å². The number of rotatable bonds is 5. The topological polar surface area (TPSA) is 76.2 Å². The molecule has 5 nitrogen and oxygen atoms in total. The van der Waals surface area contributed by atoms with Crippen molar-refractivity contribution in [3.05, 3.63) is 36.0 Å². The second-order valence-electron chi connectivity index (χ2n) is 5.73. The molecule has 0 radical (unpaired) electrons. The molecule has 1 aliphatic rings. The molecule has 2 heterocycles. The molecule has 3 rings (SSSR count). The maximum atomic E-state index is 11.8. The van der Waals surface area contributed by atoms with E-state index in [1.54, 1.807) is 0 Å². The van der Waals surface area contributed by atoms with Gasteiger partial charge in [-0.05, 0) is 30.9 Å². The van der Waals surface area contributed by atoms with Crippen LogP contribution in [0.3, 0.4) is 0 Å². The first-order valence-electron chi connectivity index (χ1n) is 7.48. The summed E-state index contributed by atoms with van der Waals surface area (Å²) >= 11 is 0. The van der Waals surface area contributed by atoms with Crippen molar-refractivity contribution in [3.8, 4) is 0 Å². The van der Waals surface area contributed by atoms with Gasteiger partial charge in [-0.15, -0.1) is 0 Å². The van der Waals surface area contributed by atoms with E-state index in [4.69, 9.17) is 4.74 Å². The van der Waals surface area contributed by atoms with E-state index in [0.717, 1.165) is 11.9 Å². The van der Waals surface area contributed by atoms with E-state index in [-0.39, 0.29) is 17.5 Å². The van der Waals surface area contributed by atoms with E-state index in [9.17, 15) is 13.2 Å². The lowest BCUT2D eigenvalue weighted by Gasteiger charge is -2.09. The number of aryl methyl sites for hydroxylation is 1. The van der Waals surface area contributed by atoms with Gasteiger partial charge in [0.25, 0.3) is 0 Å². The van der Waals surface area contributed by atoms with E-state index in [1.807, 2.05) is 24.4 Å². The molecule has 1 saturated heterocycles. The summed E-state index contributed by atoms with van der Waals surface area (Å²) in [5.74, 6) is -0.205. The van der Waals surface area contributed by atoms with Gasteiger partial charge in [-0.1, -0.05) is 18.2 Å². The van der Waals surface area contributed by atoms with Crippen LogP contribution in [0.25, 0.3) is 10.9 Å². The Labute approximate surface area is 129 Å². The number of aromatic amines is 1.